The van der Waals surface area contributed by atoms with Crippen LogP contribution in [0.5, 0.6) is 0 Å². The van der Waals surface area contributed by atoms with Crippen LogP contribution >= 0.6 is 0 Å². The molecule has 5 heteroatoms. The molecule has 1 aromatic rings. The van der Waals surface area contributed by atoms with E-state index in [1.165, 1.54) is 0 Å². The molecule has 1 rings (SSSR count). The van der Waals surface area contributed by atoms with Gasteiger partial charge in [-0.2, -0.15) is 5.10 Å². The fraction of sp³-hybridized carbons (Fsp3) is 0.667. The van der Waals surface area contributed by atoms with E-state index >= 15 is 0 Å². The smallest absolute Gasteiger partial charge is 0.151 e. The lowest BCUT2D eigenvalue weighted by Gasteiger charge is -2.24. The zero-order chi connectivity index (χ0) is 12.7. The maximum absolute atomic E-state index is 5.12. The summed E-state index contributed by atoms with van der Waals surface area (Å²) < 4.78 is 5.12. The molecule has 0 saturated heterocycles. The van der Waals surface area contributed by atoms with E-state index in [0.717, 1.165) is 24.6 Å². The van der Waals surface area contributed by atoms with Gasteiger partial charge in [0.1, 0.15) is 0 Å². The SMILES string of the molecule is CCNCc1ccc(N(C)C(C)COC)nn1. The van der Waals surface area contributed by atoms with E-state index < -0.39 is 0 Å². The summed E-state index contributed by atoms with van der Waals surface area (Å²) >= 11 is 0. The van der Waals surface area contributed by atoms with E-state index in [0.29, 0.717) is 6.61 Å². The first kappa shape index (κ1) is 13.9. The maximum atomic E-state index is 5.12. The number of anilines is 1. The second kappa shape index (κ2) is 7.19. The van der Waals surface area contributed by atoms with Gasteiger partial charge in [0.05, 0.1) is 18.3 Å². The Balaban J connectivity index is 2.60. The summed E-state index contributed by atoms with van der Waals surface area (Å²) in [5, 5.41) is 11.6. The topological polar surface area (TPSA) is 50.3 Å². The van der Waals surface area contributed by atoms with Crippen molar-refractivity contribution in [2.75, 3.05) is 32.2 Å². The molecule has 1 unspecified atom stereocenters. The third-order valence-corrected chi connectivity index (χ3v) is 2.69. The van der Waals surface area contributed by atoms with E-state index in [1.54, 1.807) is 7.11 Å². The van der Waals surface area contributed by atoms with Gasteiger partial charge < -0.3 is 15.0 Å². The fourth-order valence-corrected chi connectivity index (χ4v) is 1.47. The summed E-state index contributed by atoms with van der Waals surface area (Å²) in [5.74, 6) is 0.870. The standard InChI is InChI=1S/C12H22N4O/c1-5-13-8-11-6-7-12(15-14-11)16(3)10(2)9-17-4/h6-7,10,13H,5,8-9H2,1-4H3. The summed E-state index contributed by atoms with van der Waals surface area (Å²) in [7, 11) is 3.70. The molecule has 1 atom stereocenters. The Labute approximate surface area is 103 Å². The van der Waals surface area contributed by atoms with Crippen molar-refractivity contribution in [1.82, 2.24) is 15.5 Å². The summed E-state index contributed by atoms with van der Waals surface area (Å²) in [5.41, 5.74) is 0.961. The van der Waals surface area contributed by atoms with Gasteiger partial charge in [-0.3, -0.25) is 0 Å². The van der Waals surface area contributed by atoms with Crippen molar-refractivity contribution in [2.45, 2.75) is 26.4 Å². The van der Waals surface area contributed by atoms with Crippen LogP contribution in [0.1, 0.15) is 19.5 Å². The molecular weight excluding hydrogens is 216 g/mol. The Bertz CT molecular complexity index is 315. The molecule has 0 aromatic carbocycles. The highest BCUT2D eigenvalue weighted by atomic mass is 16.5. The van der Waals surface area contributed by atoms with E-state index in [9.17, 15) is 0 Å². The Morgan fingerprint density at radius 3 is 2.71 bits per heavy atom. The van der Waals surface area contributed by atoms with E-state index in [-0.39, 0.29) is 6.04 Å². The first-order chi connectivity index (χ1) is 8.19. The lowest BCUT2D eigenvalue weighted by molar-refractivity contribution is 0.183. The molecule has 17 heavy (non-hydrogen) atoms. The molecule has 1 N–H and O–H groups in total. The number of rotatable bonds is 7. The molecule has 0 fully saturated rings. The van der Waals surface area contributed by atoms with Gasteiger partial charge in [-0.1, -0.05) is 6.92 Å². The number of ether oxygens (including phenoxy) is 1. The molecule has 0 saturated carbocycles. The molecule has 0 radical (unpaired) electrons. The van der Waals surface area contributed by atoms with Gasteiger partial charge >= 0.3 is 0 Å². The molecule has 5 nitrogen and oxygen atoms in total. The maximum Gasteiger partial charge on any atom is 0.151 e. The number of methoxy groups -OCH3 is 1. The number of likely N-dealkylation sites (N-methyl/N-ethyl adjacent to an activating group) is 1. The van der Waals surface area contributed by atoms with E-state index in [4.69, 9.17) is 4.74 Å². The van der Waals surface area contributed by atoms with E-state index in [2.05, 4.69) is 34.3 Å². The normalized spacial score (nSPS) is 12.5. The van der Waals surface area contributed by atoms with Gasteiger partial charge in [-0.15, -0.1) is 5.10 Å². The quantitative estimate of drug-likeness (QED) is 0.769. The van der Waals surface area contributed by atoms with Crippen LogP contribution in [0.2, 0.25) is 0 Å². The summed E-state index contributed by atoms with van der Waals surface area (Å²) in [4.78, 5) is 2.06. The van der Waals surface area contributed by atoms with E-state index in [1.807, 2.05) is 19.2 Å². The predicted molar refractivity (Wildman–Crippen MR) is 69.2 cm³/mol. The van der Waals surface area contributed by atoms with Crippen molar-refractivity contribution in [3.05, 3.63) is 17.8 Å². The van der Waals surface area contributed by atoms with Gasteiger partial charge in [-0.05, 0) is 25.6 Å². The lowest BCUT2D eigenvalue weighted by atomic mass is 10.3. The molecule has 0 spiro atoms. The van der Waals surface area contributed by atoms with Gasteiger partial charge in [0, 0.05) is 20.7 Å². The minimum absolute atomic E-state index is 0.286. The summed E-state index contributed by atoms with van der Waals surface area (Å²) in [6.07, 6.45) is 0. The number of aromatic nitrogens is 2. The Morgan fingerprint density at radius 1 is 1.41 bits per heavy atom. The van der Waals surface area contributed by atoms with Crippen LogP contribution in [0, 0.1) is 0 Å². The average molecular weight is 238 g/mol. The second-order valence-corrected chi connectivity index (χ2v) is 4.08. The van der Waals surface area contributed by atoms with Crippen LogP contribution in [0.4, 0.5) is 5.82 Å². The Kier molecular flexibility index (Phi) is 5.86. The molecule has 0 aliphatic carbocycles. The molecular formula is C12H22N4O. The van der Waals surface area contributed by atoms with Crippen LogP contribution < -0.4 is 10.2 Å². The minimum Gasteiger partial charge on any atom is -0.383 e. The zero-order valence-corrected chi connectivity index (χ0v) is 11.1. The first-order valence-electron chi connectivity index (χ1n) is 5.94. The van der Waals surface area contributed by atoms with Crippen molar-refractivity contribution in [3.63, 3.8) is 0 Å². The zero-order valence-electron chi connectivity index (χ0n) is 11.1. The molecule has 1 aromatic heterocycles. The van der Waals surface area contributed by atoms with Crippen molar-refractivity contribution in [3.8, 4) is 0 Å². The summed E-state index contributed by atoms with van der Waals surface area (Å²) in [6.45, 7) is 6.55. The van der Waals surface area contributed by atoms with Gasteiger partial charge in [-0.25, -0.2) is 0 Å². The average Bonchev–Trinajstić information content (AvgIpc) is 2.36. The van der Waals surface area contributed by atoms with Crippen LogP contribution in [-0.4, -0.2) is 43.5 Å². The number of nitrogens with one attached hydrogen (secondary N) is 1. The van der Waals surface area contributed by atoms with Gasteiger partial charge in [0.15, 0.2) is 5.82 Å². The predicted octanol–water partition coefficient (Wildman–Crippen LogP) is 1.06. The van der Waals surface area contributed by atoms with Crippen LogP contribution in [0.3, 0.4) is 0 Å². The molecule has 0 amide bonds. The van der Waals surface area contributed by atoms with Gasteiger partial charge in [0.2, 0.25) is 0 Å². The number of hydrogen-bond acceptors (Lipinski definition) is 5. The Hall–Kier alpha value is -1.20. The third-order valence-electron chi connectivity index (χ3n) is 2.69. The molecule has 0 aliphatic rings. The Morgan fingerprint density at radius 2 is 2.18 bits per heavy atom. The number of hydrogen-bond donors (Lipinski definition) is 1. The highest BCUT2D eigenvalue weighted by molar-refractivity contribution is 5.37. The molecule has 1 heterocycles. The number of nitrogens with zero attached hydrogens (tertiary/aromatic N) is 3. The minimum atomic E-state index is 0.286. The fourth-order valence-electron chi connectivity index (χ4n) is 1.47. The monoisotopic (exact) mass is 238 g/mol. The molecule has 0 bridgehead atoms. The highest BCUT2D eigenvalue weighted by Crippen LogP contribution is 2.10. The van der Waals surface area contributed by atoms with Crippen LogP contribution in [0.15, 0.2) is 12.1 Å². The second-order valence-electron chi connectivity index (χ2n) is 4.08. The van der Waals surface area contributed by atoms with Crippen molar-refractivity contribution >= 4 is 5.82 Å². The van der Waals surface area contributed by atoms with Gasteiger partial charge in [0.25, 0.3) is 0 Å². The third kappa shape index (κ3) is 4.28. The highest BCUT2D eigenvalue weighted by Gasteiger charge is 2.11. The van der Waals surface area contributed by atoms with Crippen molar-refractivity contribution in [1.29, 1.82) is 0 Å². The summed E-state index contributed by atoms with van der Waals surface area (Å²) in [6, 6.07) is 4.28. The largest absolute Gasteiger partial charge is 0.383 e. The van der Waals surface area contributed by atoms with Crippen molar-refractivity contribution < 1.29 is 4.74 Å². The first-order valence-corrected chi connectivity index (χ1v) is 5.94. The van der Waals surface area contributed by atoms with Crippen molar-refractivity contribution in [2.24, 2.45) is 0 Å². The molecule has 0 aliphatic heterocycles. The lowest BCUT2D eigenvalue weighted by Crippen LogP contribution is -2.33. The molecule has 96 valence electrons. The van der Waals surface area contributed by atoms with Crippen LogP contribution in [-0.2, 0) is 11.3 Å². The van der Waals surface area contributed by atoms with Crippen LogP contribution in [0.25, 0.3) is 0 Å².